The number of rotatable bonds is 30. The van der Waals surface area contributed by atoms with Gasteiger partial charge in [0.25, 0.3) is 0 Å². The van der Waals surface area contributed by atoms with Crippen molar-refractivity contribution in [1.82, 2.24) is 0 Å². The highest BCUT2D eigenvalue weighted by molar-refractivity contribution is 5.69. The fourth-order valence-corrected chi connectivity index (χ4v) is 5.77. The molecule has 238 valence electrons. The highest BCUT2D eigenvalue weighted by Crippen LogP contribution is 2.23. The summed E-state index contributed by atoms with van der Waals surface area (Å²) in [6.07, 6.45) is 35.7. The van der Waals surface area contributed by atoms with Crippen LogP contribution in [0.5, 0.6) is 0 Å². The molecule has 0 heterocycles. The Kier molecular flexibility index (Phi) is 29.1. The van der Waals surface area contributed by atoms with Crippen LogP contribution in [0.1, 0.15) is 196 Å². The quantitative estimate of drug-likeness (QED) is 0.0494. The molecule has 0 bridgehead atoms. The van der Waals surface area contributed by atoms with Gasteiger partial charge in [0, 0.05) is 6.42 Å². The third kappa shape index (κ3) is 30.2. The van der Waals surface area contributed by atoms with E-state index in [1.54, 1.807) is 0 Å². The van der Waals surface area contributed by atoms with Gasteiger partial charge < -0.3 is 4.74 Å². The molecule has 2 nitrogen and oxygen atoms in total. The van der Waals surface area contributed by atoms with Crippen molar-refractivity contribution in [3.63, 3.8) is 0 Å². The molecule has 0 aromatic carbocycles. The third-order valence-corrected chi connectivity index (χ3v) is 8.70. The summed E-state index contributed by atoms with van der Waals surface area (Å²) in [4.78, 5) is 12.2. The summed E-state index contributed by atoms with van der Waals surface area (Å²) < 4.78 is 5.53. The van der Waals surface area contributed by atoms with Crippen LogP contribution in [-0.2, 0) is 9.53 Å². The summed E-state index contributed by atoms with van der Waals surface area (Å²) in [5, 5.41) is 0. The van der Waals surface area contributed by atoms with E-state index in [1.165, 1.54) is 135 Å². The Bertz CT molecular complexity index is 552. The van der Waals surface area contributed by atoms with E-state index < -0.39 is 0 Å². The maximum absolute atomic E-state index is 12.2. The van der Waals surface area contributed by atoms with Gasteiger partial charge >= 0.3 is 5.97 Å². The van der Waals surface area contributed by atoms with Crippen molar-refractivity contribution in [2.75, 3.05) is 6.61 Å². The molecule has 40 heavy (non-hydrogen) atoms. The van der Waals surface area contributed by atoms with Crippen molar-refractivity contribution < 1.29 is 9.53 Å². The van der Waals surface area contributed by atoms with Crippen molar-refractivity contribution in [3.05, 3.63) is 12.2 Å². The fourth-order valence-electron chi connectivity index (χ4n) is 5.77. The van der Waals surface area contributed by atoms with E-state index in [0.29, 0.717) is 18.9 Å². The fraction of sp³-hybridized carbons (Fsp3) is 0.921. The number of esters is 1. The van der Waals surface area contributed by atoms with E-state index in [0.717, 1.165) is 30.6 Å². The smallest absolute Gasteiger partial charge is 0.306 e. The minimum absolute atomic E-state index is 0.0137. The zero-order valence-corrected chi connectivity index (χ0v) is 28.5. The van der Waals surface area contributed by atoms with Gasteiger partial charge in [-0.1, -0.05) is 169 Å². The van der Waals surface area contributed by atoms with Crippen LogP contribution in [0.3, 0.4) is 0 Å². The lowest BCUT2D eigenvalue weighted by molar-refractivity contribution is -0.144. The molecule has 0 fully saturated rings. The molecule has 0 rings (SSSR count). The van der Waals surface area contributed by atoms with Gasteiger partial charge in [-0.2, -0.15) is 0 Å². The average molecular weight is 563 g/mol. The molecule has 3 unspecified atom stereocenters. The Morgan fingerprint density at radius 3 is 1.45 bits per heavy atom. The zero-order valence-electron chi connectivity index (χ0n) is 28.5. The van der Waals surface area contributed by atoms with Crippen molar-refractivity contribution in [2.45, 2.75) is 196 Å². The highest BCUT2D eigenvalue weighted by atomic mass is 16.5. The SMILES string of the molecule is CCCCCCCC/C=C/CCCCCCCCOC(=O)CC(C)CCCC(C)CCCC(C)CCCC(C)C. The molecule has 0 aliphatic rings. The number of allylic oxidation sites excluding steroid dienone is 2. The molecule has 3 atom stereocenters. The first-order chi connectivity index (χ1) is 19.3. The van der Waals surface area contributed by atoms with Gasteiger partial charge in [0.05, 0.1) is 6.61 Å². The third-order valence-electron chi connectivity index (χ3n) is 8.70. The first-order valence-electron chi connectivity index (χ1n) is 18.2. The molecule has 0 amide bonds. The molecule has 0 spiro atoms. The number of unbranched alkanes of at least 4 members (excludes halogenated alkanes) is 12. The van der Waals surface area contributed by atoms with Gasteiger partial charge in [0.1, 0.15) is 0 Å². The Labute approximate surface area is 253 Å². The standard InChI is InChI=1S/C38H74O2/c1-7-8-9-10-11-12-13-14-15-16-17-18-19-20-21-22-32-40-38(39)33-37(6)31-25-30-36(5)29-24-28-35(4)27-23-26-34(2)3/h14-15,34-37H,7-13,16-33H2,1-6H3/b15-14+. The number of carbonyl (C=O) groups is 1. The van der Waals surface area contributed by atoms with E-state index in [-0.39, 0.29) is 5.97 Å². The van der Waals surface area contributed by atoms with Crippen LogP contribution < -0.4 is 0 Å². The van der Waals surface area contributed by atoms with E-state index in [1.807, 2.05) is 0 Å². The highest BCUT2D eigenvalue weighted by Gasteiger charge is 2.12. The number of ether oxygens (including phenoxy) is 1. The maximum atomic E-state index is 12.2. The van der Waals surface area contributed by atoms with Gasteiger partial charge in [-0.25, -0.2) is 0 Å². The minimum atomic E-state index is 0.0137. The Balaban J connectivity index is 3.49. The maximum Gasteiger partial charge on any atom is 0.306 e. The number of hydrogen-bond donors (Lipinski definition) is 0. The zero-order chi connectivity index (χ0) is 29.7. The number of hydrogen-bond acceptors (Lipinski definition) is 2. The first-order valence-corrected chi connectivity index (χ1v) is 18.2. The lowest BCUT2D eigenvalue weighted by atomic mass is 9.91. The molecular weight excluding hydrogens is 488 g/mol. The second-order valence-electron chi connectivity index (χ2n) is 13.9. The van der Waals surface area contributed by atoms with Crippen LogP contribution in [-0.4, -0.2) is 12.6 Å². The first kappa shape index (κ1) is 39.2. The summed E-state index contributed by atoms with van der Waals surface area (Å²) in [6.45, 7) is 14.6. The summed E-state index contributed by atoms with van der Waals surface area (Å²) >= 11 is 0. The average Bonchev–Trinajstić information content (AvgIpc) is 2.90. The molecule has 2 heteroatoms. The molecule has 0 N–H and O–H groups in total. The molecule has 0 aromatic heterocycles. The predicted molar refractivity (Wildman–Crippen MR) is 179 cm³/mol. The van der Waals surface area contributed by atoms with E-state index in [2.05, 4.69) is 53.7 Å². The van der Waals surface area contributed by atoms with Gasteiger partial charge in [-0.3, -0.25) is 4.79 Å². The van der Waals surface area contributed by atoms with Gasteiger partial charge in [-0.15, -0.1) is 0 Å². The molecule has 0 aromatic rings. The summed E-state index contributed by atoms with van der Waals surface area (Å²) in [6, 6.07) is 0. The molecule has 0 aliphatic carbocycles. The van der Waals surface area contributed by atoms with E-state index in [9.17, 15) is 4.79 Å². The summed E-state index contributed by atoms with van der Waals surface area (Å²) in [7, 11) is 0. The van der Waals surface area contributed by atoms with Crippen LogP contribution in [0.4, 0.5) is 0 Å². The van der Waals surface area contributed by atoms with Gasteiger partial charge in [0.2, 0.25) is 0 Å². The molecule has 0 aliphatic heterocycles. The Morgan fingerprint density at radius 2 is 0.950 bits per heavy atom. The summed E-state index contributed by atoms with van der Waals surface area (Å²) in [5.74, 6) is 3.00. The largest absolute Gasteiger partial charge is 0.466 e. The molecule has 0 saturated carbocycles. The van der Waals surface area contributed by atoms with Crippen LogP contribution >= 0.6 is 0 Å². The minimum Gasteiger partial charge on any atom is -0.466 e. The van der Waals surface area contributed by atoms with Crippen LogP contribution in [0, 0.1) is 23.7 Å². The van der Waals surface area contributed by atoms with Crippen molar-refractivity contribution in [3.8, 4) is 0 Å². The second kappa shape index (κ2) is 29.7. The normalized spacial score (nSPS) is 14.2. The lowest BCUT2D eigenvalue weighted by Crippen LogP contribution is -2.11. The van der Waals surface area contributed by atoms with Gasteiger partial charge in [0.15, 0.2) is 0 Å². The van der Waals surface area contributed by atoms with Crippen molar-refractivity contribution >= 4 is 5.97 Å². The predicted octanol–water partition coefficient (Wildman–Crippen LogP) is 13.0. The Morgan fingerprint density at radius 1 is 0.525 bits per heavy atom. The Hall–Kier alpha value is -0.790. The molecule has 0 saturated heterocycles. The molecule has 0 radical (unpaired) electrons. The van der Waals surface area contributed by atoms with Crippen LogP contribution in [0.15, 0.2) is 12.2 Å². The summed E-state index contributed by atoms with van der Waals surface area (Å²) in [5.41, 5.74) is 0. The van der Waals surface area contributed by atoms with Crippen LogP contribution in [0.2, 0.25) is 0 Å². The molecular formula is C38H74O2. The van der Waals surface area contributed by atoms with Gasteiger partial charge in [-0.05, 0) is 55.8 Å². The topological polar surface area (TPSA) is 26.3 Å². The van der Waals surface area contributed by atoms with E-state index in [4.69, 9.17) is 4.74 Å². The van der Waals surface area contributed by atoms with Crippen molar-refractivity contribution in [2.24, 2.45) is 23.7 Å². The number of carbonyl (C=O) groups excluding carboxylic acids is 1. The lowest BCUT2D eigenvalue weighted by Gasteiger charge is -2.16. The van der Waals surface area contributed by atoms with E-state index >= 15 is 0 Å². The second-order valence-corrected chi connectivity index (χ2v) is 13.9. The monoisotopic (exact) mass is 563 g/mol. The van der Waals surface area contributed by atoms with Crippen LogP contribution in [0.25, 0.3) is 0 Å². The van der Waals surface area contributed by atoms with Crippen molar-refractivity contribution in [1.29, 1.82) is 0 Å².